The van der Waals surface area contributed by atoms with Crippen LogP contribution >= 0.6 is 11.3 Å². The lowest BCUT2D eigenvalue weighted by molar-refractivity contribution is 0.0627. The standard InChI is InChI=1S/C15H22N2O2S/c1-3-12(4-2)17(10-11-18)15(19)14-8-7-13(20-14)6-5-9-16/h7-8,12,18H,3-4,9-11,16H2,1-2H3. The van der Waals surface area contributed by atoms with Crippen LogP contribution in [0.3, 0.4) is 0 Å². The third-order valence-electron chi connectivity index (χ3n) is 3.12. The van der Waals surface area contributed by atoms with Crippen LogP contribution in [0.4, 0.5) is 0 Å². The lowest BCUT2D eigenvalue weighted by Gasteiger charge is -2.29. The molecule has 3 N–H and O–H groups in total. The van der Waals surface area contributed by atoms with Gasteiger partial charge in [-0.05, 0) is 25.0 Å². The van der Waals surface area contributed by atoms with Gasteiger partial charge in [0.15, 0.2) is 0 Å². The second-order valence-electron chi connectivity index (χ2n) is 4.36. The molecule has 0 unspecified atom stereocenters. The van der Waals surface area contributed by atoms with Crippen molar-refractivity contribution >= 4 is 17.2 Å². The molecule has 0 saturated carbocycles. The lowest BCUT2D eigenvalue weighted by atomic mass is 10.1. The third-order valence-corrected chi connectivity index (χ3v) is 4.10. The summed E-state index contributed by atoms with van der Waals surface area (Å²) >= 11 is 1.37. The molecule has 0 aliphatic rings. The summed E-state index contributed by atoms with van der Waals surface area (Å²) in [5.74, 6) is 5.68. The molecule has 0 spiro atoms. The number of carbonyl (C=O) groups is 1. The molecule has 0 fully saturated rings. The smallest absolute Gasteiger partial charge is 0.264 e. The van der Waals surface area contributed by atoms with Crippen LogP contribution in [0, 0.1) is 11.8 Å². The first-order valence-corrected chi connectivity index (χ1v) is 7.70. The molecule has 0 atom stereocenters. The van der Waals surface area contributed by atoms with E-state index >= 15 is 0 Å². The molecule has 1 rings (SSSR count). The maximum Gasteiger partial charge on any atom is 0.264 e. The second-order valence-corrected chi connectivity index (χ2v) is 5.45. The van der Waals surface area contributed by atoms with Gasteiger partial charge in [0, 0.05) is 12.6 Å². The van der Waals surface area contributed by atoms with Crippen LogP contribution in [0.15, 0.2) is 12.1 Å². The topological polar surface area (TPSA) is 66.6 Å². The summed E-state index contributed by atoms with van der Waals surface area (Å²) in [4.78, 5) is 15.8. The average Bonchev–Trinajstić information content (AvgIpc) is 2.93. The summed E-state index contributed by atoms with van der Waals surface area (Å²) < 4.78 is 0. The van der Waals surface area contributed by atoms with E-state index in [0.29, 0.717) is 18.0 Å². The van der Waals surface area contributed by atoms with Crippen molar-refractivity contribution in [1.82, 2.24) is 4.90 Å². The summed E-state index contributed by atoms with van der Waals surface area (Å²) in [7, 11) is 0. The highest BCUT2D eigenvalue weighted by atomic mass is 32.1. The van der Waals surface area contributed by atoms with Gasteiger partial charge in [0.2, 0.25) is 0 Å². The Labute approximate surface area is 124 Å². The number of aliphatic hydroxyl groups is 1. The minimum absolute atomic E-state index is 0.0204. The number of aliphatic hydroxyl groups excluding tert-OH is 1. The number of hydrogen-bond acceptors (Lipinski definition) is 4. The molecule has 1 amide bonds. The fourth-order valence-electron chi connectivity index (χ4n) is 2.09. The van der Waals surface area contributed by atoms with Crippen LogP contribution in [0.1, 0.15) is 41.2 Å². The highest BCUT2D eigenvalue weighted by Crippen LogP contribution is 2.20. The molecular formula is C15H22N2O2S. The number of hydrogen-bond donors (Lipinski definition) is 2. The Morgan fingerprint density at radius 3 is 2.70 bits per heavy atom. The minimum atomic E-state index is -0.0291. The van der Waals surface area contributed by atoms with E-state index in [-0.39, 0.29) is 18.6 Å². The molecule has 1 aromatic rings. The Morgan fingerprint density at radius 2 is 2.15 bits per heavy atom. The number of nitrogens with zero attached hydrogens (tertiary/aromatic N) is 1. The predicted molar refractivity (Wildman–Crippen MR) is 82.7 cm³/mol. The number of carbonyl (C=O) groups excluding carboxylic acids is 1. The van der Waals surface area contributed by atoms with Crippen LogP contribution in [0.25, 0.3) is 0 Å². The van der Waals surface area contributed by atoms with Gasteiger partial charge >= 0.3 is 0 Å². The van der Waals surface area contributed by atoms with Crippen molar-refractivity contribution in [2.75, 3.05) is 19.7 Å². The molecule has 1 heterocycles. The number of thiophene rings is 1. The molecule has 0 aliphatic carbocycles. The molecule has 0 bridgehead atoms. The minimum Gasteiger partial charge on any atom is -0.395 e. The van der Waals surface area contributed by atoms with Crippen LogP contribution in [0.2, 0.25) is 0 Å². The van der Waals surface area contributed by atoms with Gasteiger partial charge in [-0.2, -0.15) is 0 Å². The summed E-state index contributed by atoms with van der Waals surface area (Å²) in [5, 5.41) is 9.17. The molecule has 4 nitrogen and oxygen atoms in total. The van der Waals surface area contributed by atoms with E-state index in [2.05, 4.69) is 25.7 Å². The van der Waals surface area contributed by atoms with E-state index in [1.165, 1.54) is 11.3 Å². The van der Waals surface area contributed by atoms with Crippen LogP contribution in [-0.2, 0) is 0 Å². The Balaban J connectivity index is 2.91. The molecular weight excluding hydrogens is 272 g/mol. The largest absolute Gasteiger partial charge is 0.395 e. The summed E-state index contributed by atoms with van der Waals surface area (Å²) in [6.45, 7) is 4.77. The van der Waals surface area contributed by atoms with E-state index < -0.39 is 0 Å². The number of amides is 1. The second kappa shape index (κ2) is 8.75. The van der Waals surface area contributed by atoms with Crippen molar-refractivity contribution in [3.05, 3.63) is 21.9 Å². The predicted octanol–water partition coefficient (Wildman–Crippen LogP) is 1.68. The number of rotatable bonds is 6. The Kier molecular flexibility index (Phi) is 7.31. The van der Waals surface area contributed by atoms with E-state index in [1.807, 2.05) is 6.07 Å². The van der Waals surface area contributed by atoms with E-state index in [0.717, 1.165) is 17.7 Å². The van der Waals surface area contributed by atoms with E-state index in [1.54, 1.807) is 11.0 Å². The SMILES string of the molecule is CCC(CC)N(CCO)C(=O)c1ccc(C#CCN)s1. The first-order chi connectivity index (χ1) is 9.67. The Bertz CT molecular complexity index is 484. The Morgan fingerprint density at radius 1 is 1.45 bits per heavy atom. The Hall–Kier alpha value is -1.35. The fraction of sp³-hybridized carbons (Fsp3) is 0.533. The molecule has 0 aromatic carbocycles. The molecule has 1 aromatic heterocycles. The average molecular weight is 294 g/mol. The highest BCUT2D eigenvalue weighted by Gasteiger charge is 2.22. The van der Waals surface area contributed by atoms with Crippen LogP contribution in [0.5, 0.6) is 0 Å². The summed E-state index contributed by atoms with van der Waals surface area (Å²) in [6, 6.07) is 3.79. The van der Waals surface area contributed by atoms with Gasteiger partial charge in [-0.15, -0.1) is 11.3 Å². The van der Waals surface area contributed by atoms with Crippen molar-refractivity contribution < 1.29 is 9.90 Å². The van der Waals surface area contributed by atoms with Gasteiger partial charge in [0.1, 0.15) is 0 Å². The molecule has 0 aliphatic heterocycles. The van der Waals surface area contributed by atoms with Crippen molar-refractivity contribution in [3.8, 4) is 11.8 Å². The first-order valence-electron chi connectivity index (χ1n) is 6.88. The lowest BCUT2D eigenvalue weighted by Crippen LogP contribution is -2.41. The van der Waals surface area contributed by atoms with Crippen LogP contribution in [-0.4, -0.2) is 41.7 Å². The zero-order valence-corrected chi connectivity index (χ0v) is 12.9. The van der Waals surface area contributed by atoms with Gasteiger partial charge in [-0.1, -0.05) is 25.7 Å². The van der Waals surface area contributed by atoms with E-state index in [4.69, 9.17) is 10.8 Å². The van der Waals surface area contributed by atoms with Gasteiger partial charge in [-0.25, -0.2) is 0 Å². The van der Waals surface area contributed by atoms with Gasteiger partial charge in [0.05, 0.1) is 22.9 Å². The molecule has 20 heavy (non-hydrogen) atoms. The highest BCUT2D eigenvalue weighted by molar-refractivity contribution is 7.14. The zero-order chi connectivity index (χ0) is 15.0. The number of nitrogens with two attached hydrogens (primary N) is 1. The monoisotopic (exact) mass is 294 g/mol. The quantitative estimate of drug-likeness (QED) is 0.785. The van der Waals surface area contributed by atoms with Gasteiger partial charge in [0.25, 0.3) is 5.91 Å². The zero-order valence-electron chi connectivity index (χ0n) is 12.1. The summed E-state index contributed by atoms with van der Waals surface area (Å²) in [5.41, 5.74) is 5.33. The first kappa shape index (κ1) is 16.7. The normalized spacial score (nSPS) is 10.2. The van der Waals surface area contributed by atoms with E-state index in [9.17, 15) is 4.79 Å². The molecule has 0 saturated heterocycles. The van der Waals surface area contributed by atoms with Crippen molar-refractivity contribution in [1.29, 1.82) is 0 Å². The maximum absolute atomic E-state index is 12.5. The van der Waals surface area contributed by atoms with Crippen molar-refractivity contribution in [2.45, 2.75) is 32.7 Å². The molecule has 110 valence electrons. The maximum atomic E-state index is 12.5. The van der Waals surface area contributed by atoms with Crippen molar-refractivity contribution in [2.24, 2.45) is 5.73 Å². The van der Waals surface area contributed by atoms with Crippen molar-refractivity contribution in [3.63, 3.8) is 0 Å². The molecule has 0 radical (unpaired) electrons. The van der Waals surface area contributed by atoms with Gasteiger partial charge < -0.3 is 15.7 Å². The summed E-state index contributed by atoms with van der Waals surface area (Å²) in [6.07, 6.45) is 1.76. The third kappa shape index (κ3) is 4.34. The fourth-order valence-corrected chi connectivity index (χ4v) is 2.92. The van der Waals surface area contributed by atoms with Crippen LogP contribution < -0.4 is 5.73 Å². The van der Waals surface area contributed by atoms with Gasteiger partial charge in [-0.3, -0.25) is 4.79 Å². The molecule has 5 heteroatoms.